The van der Waals surface area contributed by atoms with Crippen molar-refractivity contribution in [1.82, 2.24) is 9.88 Å². The highest BCUT2D eigenvalue weighted by Crippen LogP contribution is 2.50. The van der Waals surface area contributed by atoms with Gasteiger partial charge in [-0.15, -0.1) is 24.8 Å². The third kappa shape index (κ3) is 5.04. The number of hydrogen-bond donors (Lipinski definition) is 1. The second-order valence-corrected chi connectivity index (χ2v) is 8.80. The number of likely N-dealkylation sites (N-methyl/N-ethyl adjacent to an activating group) is 1. The number of nitrogens with two attached hydrogens (primary N) is 1. The van der Waals surface area contributed by atoms with E-state index in [0.29, 0.717) is 25.5 Å². The molecule has 1 amide bonds. The van der Waals surface area contributed by atoms with Gasteiger partial charge in [-0.1, -0.05) is 19.9 Å². The summed E-state index contributed by atoms with van der Waals surface area (Å²) in [5.74, 6) is 1.64. The predicted molar refractivity (Wildman–Crippen MR) is 127 cm³/mol. The Balaban J connectivity index is 0.00000225. The minimum absolute atomic E-state index is 0. The molecule has 1 saturated heterocycles. The van der Waals surface area contributed by atoms with E-state index >= 15 is 0 Å². The van der Waals surface area contributed by atoms with E-state index in [9.17, 15) is 4.79 Å². The summed E-state index contributed by atoms with van der Waals surface area (Å²) in [5.41, 5.74) is 5.48. The number of halogens is 2. The second kappa shape index (κ2) is 11.0. The molecule has 1 aliphatic carbocycles. The van der Waals surface area contributed by atoms with Crippen LogP contribution in [0, 0.1) is 11.3 Å². The van der Waals surface area contributed by atoms with Crippen LogP contribution in [0.3, 0.4) is 0 Å². The molecule has 0 radical (unpaired) electrons. The second-order valence-electron chi connectivity index (χ2n) is 8.80. The zero-order chi connectivity index (χ0) is 20.4. The van der Waals surface area contributed by atoms with E-state index in [0.717, 1.165) is 38.3 Å². The zero-order valence-corrected chi connectivity index (χ0v) is 20.3. The number of piperidine rings is 1. The van der Waals surface area contributed by atoms with Crippen molar-refractivity contribution in [2.75, 3.05) is 37.7 Å². The predicted octanol–water partition coefficient (Wildman–Crippen LogP) is 3.52. The molecule has 1 aromatic rings. The number of nitrogens with zero attached hydrogens (tertiary/aromatic N) is 3. The van der Waals surface area contributed by atoms with Gasteiger partial charge in [0.25, 0.3) is 0 Å². The maximum atomic E-state index is 13.3. The van der Waals surface area contributed by atoms with Gasteiger partial charge in [0, 0.05) is 50.8 Å². The van der Waals surface area contributed by atoms with E-state index < -0.39 is 5.54 Å². The van der Waals surface area contributed by atoms with Gasteiger partial charge >= 0.3 is 0 Å². The normalized spacial score (nSPS) is 25.5. The summed E-state index contributed by atoms with van der Waals surface area (Å²) in [6, 6.07) is 6.04. The quantitative estimate of drug-likeness (QED) is 0.673. The van der Waals surface area contributed by atoms with Crippen LogP contribution in [0.1, 0.15) is 47.0 Å². The van der Waals surface area contributed by atoms with Crippen LogP contribution in [0.5, 0.6) is 0 Å². The molecule has 2 atom stereocenters. The largest absolute Gasteiger partial charge is 0.378 e. The first-order valence-corrected chi connectivity index (χ1v) is 10.7. The summed E-state index contributed by atoms with van der Waals surface area (Å²) in [5, 5.41) is 0. The van der Waals surface area contributed by atoms with Gasteiger partial charge in [-0.05, 0) is 44.7 Å². The topological polar surface area (TPSA) is 71.7 Å². The summed E-state index contributed by atoms with van der Waals surface area (Å²) < 4.78 is 5.79. The van der Waals surface area contributed by atoms with Crippen molar-refractivity contribution in [1.29, 1.82) is 0 Å². The fourth-order valence-corrected chi connectivity index (χ4v) is 4.63. The third-order valence-corrected chi connectivity index (χ3v) is 6.95. The Morgan fingerprint density at radius 1 is 1.27 bits per heavy atom. The van der Waals surface area contributed by atoms with Gasteiger partial charge in [0.15, 0.2) is 0 Å². The molecule has 2 fully saturated rings. The highest BCUT2D eigenvalue weighted by molar-refractivity contribution is 5.89. The van der Waals surface area contributed by atoms with Crippen molar-refractivity contribution in [2.24, 2.45) is 17.1 Å². The standard InChI is InChI=1S/C22H36N4O2.2ClH/c1-5-25(20(27)22(23)15-18(28-6-2)21(22,3)4)16-17-10-13-26(14-11-17)19-9-7-8-12-24-19;;/h7-9,12,17-18H,5-6,10-11,13-16,23H2,1-4H3;2*1H. The first-order valence-electron chi connectivity index (χ1n) is 10.7. The van der Waals surface area contributed by atoms with Crippen molar-refractivity contribution in [3.63, 3.8) is 0 Å². The number of amides is 1. The fourth-order valence-electron chi connectivity index (χ4n) is 4.63. The van der Waals surface area contributed by atoms with Crippen molar-refractivity contribution in [3.05, 3.63) is 24.4 Å². The van der Waals surface area contributed by atoms with Crippen LogP contribution in [0.2, 0.25) is 0 Å². The molecular weight excluding hydrogens is 423 g/mol. The van der Waals surface area contributed by atoms with Crippen LogP contribution in [0.4, 0.5) is 5.82 Å². The van der Waals surface area contributed by atoms with E-state index in [2.05, 4.69) is 36.7 Å². The lowest BCUT2D eigenvalue weighted by atomic mass is 9.54. The van der Waals surface area contributed by atoms with Gasteiger partial charge < -0.3 is 20.3 Å². The number of pyridine rings is 1. The highest BCUT2D eigenvalue weighted by Gasteiger charge is 2.63. The summed E-state index contributed by atoms with van der Waals surface area (Å²) in [7, 11) is 0. The molecule has 2 unspecified atom stereocenters. The Labute approximate surface area is 193 Å². The van der Waals surface area contributed by atoms with Crippen molar-refractivity contribution in [2.45, 2.75) is 58.6 Å². The molecule has 30 heavy (non-hydrogen) atoms. The monoisotopic (exact) mass is 460 g/mol. The Kier molecular flexibility index (Phi) is 9.87. The van der Waals surface area contributed by atoms with Gasteiger partial charge in [0.05, 0.1) is 6.10 Å². The lowest BCUT2D eigenvalue weighted by Crippen LogP contribution is -2.76. The molecule has 6 nitrogen and oxygen atoms in total. The summed E-state index contributed by atoms with van der Waals surface area (Å²) in [6.07, 6.45) is 4.66. The van der Waals surface area contributed by atoms with E-state index in [4.69, 9.17) is 10.5 Å². The maximum Gasteiger partial charge on any atom is 0.243 e. The third-order valence-electron chi connectivity index (χ3n) is 6.95. The molecule has 1 aliphatic heterocycles. The number of ether oxygens (including phenoxy) is 1. The van der Waals surface area contributed by atoms with Crippen LogP contribution in [-0.4, -0.2) is 60.2 Å². The van der Waals surface area contributed by atoms with E-state index in [1.165, 1.54) is 0 Å². The molecule has 2 heterocycles. The first kappa shape index (κ1) is 27.0. The number of anilines is 1. The molecule has 172 valence electrons. The Morgan fingerprint density at radius 3 is 2.43 bits per heavy atom. The number of carbonyl (C=O) groups excluding carboxylic acids is 1. The molecule has 0 aromatic carbocycles. The van der Waals surface area contributed by atoms with Crippen LogP contribution in [0.15, 0.2) is 24.4 Å². The fraction of sp³-hybridized carbons (Fsp3) is 0.727. The number of rotatable bonds is 7. The molecule has 3 rings (SSSR count). The number of carbonyl (C=O) groups is 1. The lowest BCUT2D eigenvalue weighted by Gasteiger charge is -2.58. The minimum Gasteiger partial charge on any atom is -0.378 e. The number of aromatic nitrogens is 1. The maximum absolute atomic E-state index is 13.3. The highest BCUT2D eigenvalue weighted by atomic mass is 35.5. The first-order chi connectivity index (χ1) is 13.3. The molecule has 0 bridgehead atoms. The van der Waals surface area contributed by atoms with Crippen LogP contribution >= 0.6 is 24.8 Å². The zero-order valence-electron chi connectivity index (χ0n) is 18.7. The van der Waals surface area contributed by atoms with E-state index in [1.807, 2.05) is 30.2 Å². The molecule has 2 aliphatic rings. The van der Waals surface area contributed by atoms with Gasteiger partial charge in [0.1, 0.15) is 11.4 Å². The summed E-state index contributed by atoms with van der Waals surface area (Å²) in [6.45, 7) is 12.3. The van der Waals surface area contributed by atoms with Gasteiger partial charge in [-0.25, -0.2) is 4.98 Å². The Morgan fingerprint density at radius 2 is 1.93 bits per heavy atom. The summed E-state index contributed by atoms with van der Waals surface area (Å²) in [4.78, 5) is 22.1. The molecule has 0 spiro atoms. The van der Waals surface area contributed by atoms with Crippen molar-refractivity contribution < 1.29 is 9.53 Å². The smallest absolute Gasteiger partial charge is 0.243 e. The van der Waals surface area contributed by atoms with Crippen LogP contribution < -0.4 is 10.6 Å². The number of hydrogen-bond acceptors (Lipinski definition) is 5. The Hall–Kier alpha value is -1.08. The SMILES string of the molecule is CCOC1CC(N)(C(=O)N(CC)CC2CCN(c3ccccn3)CC2)C1(C)C.Cl.Cl. The van der Waals surface area contributed by atoms with Gasteiger partial charge in [0.2, 0.25) is 5.91 Å². The minimum atomic E-state index is -0.822. The molecule has 1 saturated carbocycles. The Bertz CT molecular complexity index is 668. The van der Waals surface area contributed by atoms with Gasteiger partial charge in [-0.3, -0.25) is 4.79 Å². The van der Waals surface area contributed by atoms with Crippen molar-refractivity contribution in [3.8, 4) is 0 Å². The molecule has 2 N–H and O–H groups in total. The van der Waals surface area contributed by atoms with Crippen LogP contribution in [0.25, 0.3) is 0 Å². The lowest BCUT2D eigenvalue weighted by molar-refractivity contribution is -0.179. The van der Waals surface area contributed by atoms with Gasteiger partial charge in [-0.2, -0.15) is 0 Å². The van der Waals surface area contributed by atoms with Crippen LogP contribution in [-0.2, 0) is 9.53 Å². The molecular formula is C22H38Cl2N4O2. The van der Waals surface area contributed by atoms with Crippen molar-refractivity contribution >= 4 is 36.5 Å². The van der Waals surface area contributed by atoms with E-state index in [1.54, 1.807) is 0 Å². The average Bonchev–Trinajstić information content (AvgIpc) is 2.72. The summed E-state index contributed by atoms with van der Waals surface area (Å²) >= 11 is 0. The molecule has 8 heteroatoms. The molecule has 1 aromatic heterocycles. The van der Waals surface area contributed by atoms with E-state index in [-0.39, 0.29) is 42.2 Å². The average molecular weight is 461 g/mol.